The number of sulfonamides is 1. The Bertz CT molecular complexity index is 1310. The number of carbonyl (C=O) groups excluding carboxylic acids is 2. The van der Waals surface area contributed by atoms with Crippen LogP contribution in [0.1, 0.15) is 16.7 Å². The van der Waals surface area contributed by atoms with Crippen molar-refractivity contribution in [2.45, 2.75) is 13.5 Å². The topological polar surface area (TPSA) is 117 Å². The summed E-state index contributed by atoms with van der Waals surface area (Å²) in [6, 6.07) is 23.3. The van der Waals surface area contributed by atoms with Crippen LogP contribution in [0.5, 0.6) is 5.75 Å². The van der Waals surface area contributed by atoms with Crippen LogP contribution in [0.15, 0.2) is 84.0 Å². The Kier molecular flexibility index (Phi) is 9.18. The minimum atomic E-state index is -3.67. The van der Waals surface area contributed by atoms with E-state index >= 15 is 0 Å². The van der Waals surface area contributed by atoms with E-state index in [4.69, 9.17) is 4.74 Å². The highest BCUT2D eigenvalue weighted by Crippen LogP contribution is 2.21. The molecule has 0 fully saturated rings. The van der Waals surface area contributed by atoms with E-state index in [1.165, 1.54) is 6.21 Å². The normalized spacial score (nSPS) is 11.2. The summed E-state index contributed by atoms with van der Waals surface area (Å²) >= 11 is 0. The Hall–Kier alpha value is -4.18. The zero-order valence-electron chi connectivity index (χ0n) is 20.0. The Labute approximate surface area is 210 Å². The molecule has 188 valence electrons. The van der Waals surface area contributed by atoms with Crippen LogP contribution in [-0.2, 0) is 26.2 Å². The van der Waals surface area contributed by atoms with Gasteiger partial charge in [-0.3, -0.25) is 13.9 Å². The van der Waals surface area contributed by atoms with Gasteiger partial charge in [0.25, 0.3) is 11.8 Å². The summed E-state index contributed by atoms with van der Waals surface area (Å²) in [5, 5.41) is 6.69. The number of carbonyl (C=O) groups is 2. The second-order valence-electron chi connectivity index (χ2n) is 7.97. The third kappa shape index (κ3) is 8.24. The molecule has 0 saturated carbocycles. The van der Waals surface area contributed by atoms with Gasteiger partial charge in [-0.05, 0) is 53.9 Å². The van der Waals surface area contributed by atoms with Gasteiger partial charge < -0.3 is 10.1 Å². The highest BCUT2D eigenvalue weighted by atomic mass is 32.2. The number of nitrogens with zero attached hydrogens (tertiary/aromatic N) is 2. The molecule has 3 rings (SSSR count). The molecule has 0 spiro atoms. The summed E-state index contributed by atoms with van der Waals surface area (Å²) in [7, 11) is -3.67. The molecule has 0 radical (unpaired) electrons. The van der Waals surface area contributed by atoms with Crippen molar-refractivity contribution in [3.05, 3.63) is 95.6 Å². The predicted molar refractivity (Wildman–Crippen MR) is 139 cm³/mol. The third-order valence-electron chi connectivity index (χ3n) is 5.06. The molecule has 0 atom stereocenters. The first-order valence-electron chi connectivity index (χ1n) is 11.1. The van der Waals surface area contributed by atoms with Gasteiger partial charge >= 0.3 is 0 Å². The quantitative estimate of drug-likeness (QED) is 0.305. The molecular formula is C26H28N4O5S. The molecule has 10 heteroatoms. The van der Waals surface area contributed by atoms with E-state index in [1.807, 2.05) is 30.3 Å². The maximum absolute atomic E-state index is 12.3. The number of hydrazone groups is 1. The van der Waals surface area contributed by atoms with Gasteiger partial charge in [0, 0.05) is 6.54 Å². The zero-order valence-corrected chi connectivity index (χ0v) is 20.9. The van der Waals surface area contributed by atoms with Crippen LogP contribution in [0.2, 0.25) is 0 Å². The Morgan fingerprint density at radius 2 is 1.61 bits per heavy atom. The van der Waals surface area contributed by atoms with Crippen molar-refractivity contribution in [2.75, 3.05) is 23.7 Å². The standard InChI is InChI=1S/C26H28N4O5S/c1-20-8-6-7-11-24(20)30(36(2,33)34)18-25(31)29-28-17-22-12-14-23(15-13-22)35-19-26(32)27-16-21-9-4-3-5-10-21/h3-15,17H,16,18-19H2,1-2H3,(H,27,32)(H,29,31)/b28-17+. The van der Waals surface area contributed by atoms with Crippen LogP contribution in [0.25, 0.3) is 0 Å². The maximum Gasteiger partial charge on any atom is 0.260 e. The molecule has 36 heavy (non-hydrogen) atoms. The molecule has 0 aliphatic carbocycles. The van der Waals surface area contributed by atoms with Gasteiger partial charge in [0.1, 0.15) is 12.3 Å². The molecule has 9 nitrogen and oxygen atoms in total. The fraction of sp³-hybridized carbons (Fsp3) is 0.192. The molecule has 3 aromatic carbocycles. The van der Waals surface area contributed by atoms with Gasteiger partial charge in [0.2, 0.25) is 10.0 Å². The number of hydrogen-bond donors (Lipinski definition) is 2. The second kappa shape index (κ2) is 12.5. The number of benzene rings is 3. The van der Waals surface area contributed by atoms with Gasteiger partial charge in [-0.25, -0.2) is 13.8 Å². The lowest BCUT2D eigenvalue weighted by Gasteiger charge is -2.23. The summed E-state index contributed by atoms with van der Waals surface area (Å²) < 4.78 is 31.0. The molecule has 0 unspecified atom stereocenters. The van der Waals surface area contributed by atoms with E-state index in [0.29, 0.717) is 23.5 Å². The van der Waals surface area contributed by atoms with Gasteiger partial charge in [-0.2, -0.15) is 5.10 Å². The fourth-order valence-electron chi connectivity index (χ4n) is 3.22. The number of amides is 2. The van der Waals surface area contributed by atoms with Crippen LogP contribution in [0.4, 0.5) is 5.69 Å². The third-order valence-corrected chi connectivity index (χ3v) is 6.18. The molecule has 0 bridgehead atoms. The summed E-state index contributed by atoms with van der Waals surface area (Å²) in [6.07, 6.45) is 2.47. The van der Waals surface area contributed by atoms with E-state index in [1.54, 1.807) is 55.5 Å². The minimum absolute atomic E-state index is 0.117. The Balaban J connectivity index is 1.47. The van der Waals surface area contributed by atoms with Gasteiger partial charge in [-0.1, -0.05) is 48.5 Å². The fourth-order valence-corrected chi connectivity index (χ4v) is 4.13. The van der Waals surface area contributed by atoms with Crippen LogP contribution in [0.3, 0.4) is 0 Å². The summed E-state index contributed by atoms with van der Waals surface area (Å²) in [4.78, 5) is 24.3. The number of anilines is 1. The maximum atomic E-state index is 12.3. The molecule has 0 saturated heterocycles. The van der Waals surface area contributed by atoms with Gasteiger partial charge in [0.05, 0.1) is 18.2 Å². The lowest BCUT2D eigenvalue weighted by molar-refractivity contribution is -0.123. The molecule has 0 aliphatic rings. The number of ether oxygens (including phenoxy) is 1. The average Bonchev–Trinajstić information content (AvgIpc) is 2.86. The van der Waals surface area contributed by atoms with Crippen molar-refractivity contribution in [1.82, 2.24) is 10.7 Å². The molecule has 3 aromatic rings. The van der Waals surface area contributed by atoms with Crippen molar-refractivity contribution < 1.29 is 22.7 Å². The van der Waals surface area contributed by atoms with E-state index in [0.717, 1.165) is 21.7 Å². The molecule has 0 aliphatic heterocycles. The van der Waals surface area contributed by atoms with Crippen molar-refractivity contribution in [3.63, 3.8) is 0 Å². The first-order chi connectivity index (χ1) is 17.2. The van der Waals surface area contributed by atoms with E-state index in [9.17, 15) is 18.0 Å². The highest BCUT2D eigenvalue weighted by Gasteiger charge is 2.21. The van der Waals surface area contributed by atoms with Gasteiger partial charge in [-0.15, -0.1) is 0 Å². The van der Waals surface area contributed by atoms with Crippen LogP contribution < -0.4 is 19.8 Å². The number of hydrogen-bond acceptors (Lipinski definition) is 6. The summed E-state index contributed by atoms with van der Waals surface area (Å²) in [5.74, 6) is -0.310. The number of nitrogens with one attached hydrogen (secondary N) is 2. The largest absolute Gasteiger partial charge is 0.484 e. The van der Waals surface area contributed by atoms with Crippen molar-refractivity contribution in [2.24, 2.45) is 5.10 Å². The second-order valence-corrected chi connectivity index (χ2v) is 9.88. The molecular weight excluding hydrogens is 480 g/mol. The molecule has 0 heterocycles. The number of para-hydroxylation sites is 1. The zero-order chi connectivity index (χ0) is 26.0. The minimum Gasteiger partial charge on any atom is -0.484 e. The smallest absolute Gasteiger partial charge is 0.260 e. The summed E-state index contributed by atoms with van der Waals surface area (Å²) in [6.45, 7) is 1.68. The number of aryl methyl sites for hydroxylation is 1. The monoisotopic (exact) mass is 508 g/mol. The Morgan fingerprint density at radius 3 is 2.28 bits per heavy atom. The van der Waals surface area contributed by atoms with E-state index < -0.39 is 22.5 Å². The summed E-state index contributed by atoms with van der Waals surface area (Å²) in [5.41, 5.74) is 5.19. The van der Waals surface area contributed by atoms with Crippen molar-refractivity contribution in [3.8, 4) is 5.75 Å². The van der Waals surface area contributed by atoms with E-state index in [-0.39, 0.29) is 12.5 Å². The number of rotatable bonds is 11. The molecule has 0 aromatic heterocycles. The van der Waals surface area contributed by atoms with Gasteiger partial charge in [0.15, 0.2) is 6.61 Å². The average molecular weight is 509 g/mol. The highest BCUT2D eigenvalue weighted by molar-refractivity contribution is 7.92. The Morgan fingerprint density at radius 1 is 0.944 bits per heavy atom. The van der Waals surface area contributed by atoms with Crippen molar-refractivity contribution >= 4 is 33.7 Å². The van der Waals surface area contributed by atoms with Crippen LogP contribution in [0, 0.1) is 6.92 Å². The SMILES string of the molecule is Cc1ccccc1N(CC(=O)N/N=C/c1ccc(OCC(=O)NCc2ccccc2)cc1)S(C)(=O)=O. The molecule has 2 amide bonds. The van der Waals surface area contributed by atoms with Crippen LogP contribution >= 0.6 is 0 Å². The molecule has 2 N–H and O–H groups in total. The predicted octanol–water partition coefficient (Wildman–Crippen LogP) is 2.61. The first kappa shape index (κ1) is 26.4. The van der Waals surface area contributed by atoms with Crippen molar-refractivity contribution in [1.29, 1.82) is 0 Å². The first-order valence-corrected chi connectivity index (χ1v) is 13.0. The van der Waals surface area contributed by atoms with E-state index in [2.05, 4.69) is 15.8 Å². The lowest BCUT2D eigenvalue weighted by atomic mass is 10.2. The lowest BCUT2D eigenvalue weighted by Crippen LogP contribution is -2.39. The van der Waals surface area contributed by atoms with Crippen LogP contribution in [-0.4, -0.2) is 45.9 Å².